The van der Waals surface area contributed by atoms with Gasteiger partial charge in [0, 0.05) is 12.3 Å². The average molecular weight is 168 g/mol. The van der Waals surface area contributed by atoms with Gasteiger partial charge in [-0.05, 0) is 12.3 Å². The number of hydrogen-bond donors (Lipinski definition) is 0. The van der Waals surface area contributed by atoms with Crippen LogP contribution in [0.2, 0.25) is 0 Å². The van der Waals surface area contributed by atoms with Crippen LogP contribution in [0.1, 0.15) is 34.1 Å². The first kappa shape index (κ1) is 11.0. The second-order valence-electron chi connectivity index (χ2n) is 3.76. The Hall–Kier alpha value is -0.970. The van der Waals surface area contributed by atoms with Crippen LogP contribution in [-0.2, 0) is 9.53 Å². The highest BCUT2D eigenvalue weighted by atomic mass is 16.5. The Labute approximate surface area is 74.3 Å². The van der Waals surface area contributed by atoms with Gasteiger partial charge in [0.05, 0.1) is 6.61 Å². The Morgan fingerprint density at radius 3 is 2.42 bits per heavy atom. The van der Waals surface area contributed by atoms with E-state index in [4.69, 9.17) is 0 Å². The van der Waals surface area contributed by atoms with E-state index in [2.05, 4.69) is 37.3 Å². The predicted octanol–water partition coefficient (Wildman–Crippen LogP) is 1.99. The lowest BCUT2D eigenvalue weighted by atomic mass is 9.93. The number of carbonyl (C=O) groups is 1. The molecule has 0 atom stereocenters. The van der Waals surface area contributed by atoms with Crippen LogP contribution in [0.3, 0.4) is 0 Å². The molecule has 0 saturated carbocycles. The zero-order valence-electron chi connectivity index (χ0n) is 8.23. The fourth-order valence-corrected chi connectivity index (χ4v) is 0.549. The fraction of sp³-hybridized carbons (Fsp3) is 0.700. The highest BCUT2D eigenvalue weighted by molar-refractivity contribution is 5.88. The van der Waals surface area contributed by atoms with Crippen molar-refractivity contribution in [3.8, 4) is 11.8 Å². The van der Waals surface area contributed by atoms with Gasteiger partial charge in [0.15, 0.2) is 0 Å². The van der Waals surface area contributed by atoms with E-state index in [1.54, 1.807) is 6.92 Å². The average Bonchev–Trinajstić information content (AvgIpc) is 1.84. The lowest BCUT2D eigenvalue weighted by molar-refractivity contribution is -0.136. The normalized spacial score (nSPS) is 10.0. The Morgan fingerprint density at radius 1 is 1.42 bits per heavy atom. The van der Waals surface area contributed by atoms with Crippen molar-refractivity contribution in [2.24, 2.45) is 5.41 Å². The van der Waals surface area contributed by atoms with Crippen LogP contribution in [0.15, 0.2) is 0 Å². The molecular weight excluding hydrogens is 152 g/mol. The summed E-state index contributed by atoms with van der Waals surface area (Å²) in [5.74, 6) is 4.79. The summed E-state index contributed by atoms with van der Waals surface area (Å²) >= 11 is 0. The molecule has 0 rings (SSSR count). The van der Waals surface area contributed by atoms with Crippen molar-refractivity contribution >= 4 is 5.97 Å². The van der Waals surface area contributed by atoms with Crippen molar-refractivity contribution < 1.29 is 9.53 Å². The van der Waals surface area contributed by atoms with Gasteiger partial charge in [-0.1, -0.05) is 26.7 Å². The lowest BCUT2D eigenvalue weighted by Gasteiger charge is -2.12. The number of hydrogen-bond acceptors (Lipinski definition) is 2. The van der Waals surface area contributed by atoms with Crippen molar-refractivity contribution in [1.82, 2.24) is 0 Å². The summed E-state index contributed by atoms with van der Waals surface area (Å²) in [4.78, 5) is 10.7. The molecule has 0 aromatic heterocycles. The van der Waals surface area contributed by atoms with Crippen molar-refractivity contribution in [2.75, 3.05) is 6.61 Å². The van der Waals surface area contributed by atoms with Gasteiger partial charge in [-0.15, -0.1) is 0 Å². The number of ether oxygens (including phenoxy) is 1. The van der Waals surface area contributed by atoms with Crippen LogP contribution in [-0.4, -0.2) is 12.6 Å². The van der Waals surface area contributed by atoms with E-state index in [9.17, 15) is 4.79 Å². The maximum atomic E-state index is 10.7. The van der Waals surface area contributed by atoms with Gasteiger partial charge in [0.25, 0.3) is 0 Å². The second kappa shape index (κ2) is 4.82. The first-order valence-electron chi connectivity index (χ1n) is 4.11. The molecule has 0 saturated heterocycles. The van der Waals surface area contributed by atoms with Crippen molar-refractivity contribution in [1.29, 1.82) is 0 Å². The van der Waals surface area contributed by atoms with Crippen LogP contribution < -0.4 is 0 Å². The highest BCUT2D eigenvalue weighted by Crippen LogP contribution is 2.16. The summed E-state index contributed by atoms with van der Waals surface area (Å²) in [5.41, 5.74) is 0.152. The van der Waals surface area contributed by atoms with Gasteiger partial charge in [-0.25, -0.2) is 4.79 Å². The molecular formula is C10H16O2. The summed E-state index contributed by atoms with van der Waals surface area (Å²) in [6.07, 6.45) is 0.714. The van der Waals surface area contributed by atoms with Gasteiger partial charge in [0.1, 0.15) is 0 Å². The molecule has 0 unspecified atom stereocenters. The molecule has 2 heteroatoms. The Balaban J connectivity index is 3.81. The molecule has 0 bridgehead atoms. The maximum absolute atomic E-state index is 10.7. The standard InChI is InChI=1S/C10H16O2/c1-5-12-9(11)7-6-8-10(2,3)4/h5,8H2,1-4H3. The molecule has 2 nitrogen and oxygen atoms in total. The van der Waals surface area contributed by atoms with E-state index in [0.717, 1.165) is 0 Å². The summed E-state index contributed by atoms with van der Waals surface area (Å²) in [7, 11) is 0. The van der Waals surface area contributed by atoms with E-state index >= 15 is 0 Å². The molecule has 0 aliphatic rings. The molecule has 0 aliphatic carbocycles. The quantitative estimate of drug-likeness (QED) is 0.340. The number of esters is 1. The topological polar surface area (TPSA) is 26.3 Å². The molecule has 68 valence electrons. The van der Waals surface area contributed by atoms with Crippen LogP contribution >= 0.6 is 0 Å². The highest BCUT2D eigenvalue weighted by Gasteiger charge is 2.06. The minimum Gasteiger partial charge on any atom is -0.456 e. The second-order valence-corrected chi connectivity index (χ2v) is 3.76. The summed E-state index contributed by atoms with van der Waals surface area (Å²) in [6.45, 7) is 8.39. The van der Waals surface area contributed by atoms with Crippen molar-refractivity contribution in [2.45, 2.75) is 34.1 Å². The third-order valence-corrected chi connectivity index (χ3v) is 1.08. The van der Waals surface area contributed by atoms with Gasteiger partial charge in [-0.3, -0.25) is 0 Å². The predicted molar refractivity (Wildman–Crippen MR) is 48.5 cm³/mol. The Morgan fingerprint density at radius 2 is 2.00 bits per heavy atom. The van der Waals surface area contributed by atoms with Gasteiger partial charge < -0.3 is 4.74 Å². The van der Waals surface area contributed by atoms with E-state index in [1.165, 1.54) is 0 Å². The van der Waals surface area contributed by atoms with Crippen LogP contribution in [0.5, 0.6) is 0 Å². The van der Waals surface area contributed by atoms with E-state index in [0.29, 0.717) is 13.0 Å². The summed E-state index contributed by atoms with van der Waals surface area (Å²) in [6, 6.07) is 0. The van der Waals surface area contributed by atoms with Crippen LogP contribution in [0.4, 0.5) is 0 Å². The lowest BCUT2D eigenvalue weighted by Crippen LogP contribution is -2.04. The van der Waals surface area contributed by atoms with E-state index in [-0.39, 0.29) is 5.41 Å². The molecule has 0 N–H and O–H groups in total. The zero-order valence-corrected chi connectivity index (χ0v) is 8.23. The first-order chi connectivity index (χ1) is 5.45. The largest absolute Gasteiger partial charge is 0.456 e. The van der Waals surface area contributed by atoms with E-state index < -0.39 is 5.97 Å². The molecule has 0 amide bonds. The molecule has 0 aromatic carbocycles. The van der Waals surface area contributed by atoms with Crippen molar-refractivity contribution in [3.05, 3.63) is 0 Å². The third kappa shape index (κ3) is 7.14. The first-order valence-corrected chi connectivity index (χ1v) is 4.11. The van der Waals surface area contributed by atoms with Gasteiger partial charge in [-0.2, -0.15) is 0 Å². The molecule has 0 radical (unpaired) electrons. The third-order valence-electron chi connectivity index (χ3n) is 1.08. The monoisotopic (exact) mass is 168 g/mol. The molecule has 0 aliphatic heterocycles. The molecule has 0 heterocycles. The fourth-order valence-electron chi connectivity index (χ4n) is 0.549. The number of carbonyl (C=O) groups excluding carboxylic acids is 1. The minimum atomic E-state index is -0.429. The molecule has 0 fully saturated rings. The van der Waals surface area contributed by atoms with E-state index in [1.807, 2.05) is 0 Å². The molecule has 0 aromatic rings. The minimum absolute atomic E-state index is 0.152. The Kier molecular flexibility index (Phi) is 4.43. The number of rotatable bonds is 1. The Bertz CT molecular complexity index is 200. The van der Waals surface area contributed by atoms with Crippen LogP contribution in [0, 0.1) is 17.3 Å². The SMILES string of the molecule is CCOC(=O)C#CCC(C)(C)C. The van der Waals surface area contributed by atoms with Gasteiger partial charge in [0.2, 0.25) is 0 Å². The zero-order chi connectivity index (χ0) is 9.61. The van der Waals surface area contributed by atoms with Crippen molar-refractivity contribution in [3.63, 3.8) is 0 Å². The smallest absolute Gasteiger partial charge is 0.384 e. The summed E-state index contributed by atoms with van der Waals surface area (Å²) in [5, 5.41) is 0. The molecule has 12 heavy (non-hydrogen) atoms. The van der Waals surface area contributed by atoms with Crippen LogP contribution in [0.25, 0.3) is 0 Å². The summed E-state index contributed by atoms with van der Waals surface area (Å²) < 4.78 is 4.64. The van der Waals surface area contributed by atoms with Gasteiger partial charge >= 0.3 is 5.97 Å². The maximum Gasteiger partial charge on any atom is 0.384 e. The molecule has 0 spiro atoms.